The lowest BCUT2D eigenvalue weighted by atomic mass is 9.99. The highest BCUT2D eigenvalue weighted by Gasteiger charge is 2.21. The second kappa shape index (κ2) is 9.73. The Morgan fingerprint density at radius 1 is 0.966 bits per heavy atom. The van der Waals surface area contributed by atoms with Crippen LogP contribution >= 0.6 is 0 Å². The summed E-state index contributed by atoms with van der Waals surface area (Å²) in [5, 5.41) is 2.47. The Morgan fingerprint density at radius 3 is 2.17 bits per heavy atom. The van der Waals surface area contributed by atoms with Crippen LogP contribution in [0.2, 0.25) is 0 Å². The maximum atomic E-state index is 12.6. The topological polar surface area (TPSA) is 90.9 Å². The summed E-state index contributed by atoms with van der Waals surface area (Å²) < 4.78 is 15.4. The number of amides is 1. The third-order valence-corrected chi connectivity index (χ3v) is 4.34. The highest BCUT2D eigenvalue weighted by atomic mass is 16.5. The third-order valence-electron chi connectivity index (χ3n) is 4.34. The molecule has 7 heteroatoms. The van der Waals surface area contributed by atoms with Gasteiger partial charge in [-0.2, -0.15) is 0 Å². The number of methoxy groups -OCH3 is 2. The van der Waals surface area contributed by atoms with E-state index in [2.05, 4.69) is 5.32 Å². The van der Waals surface area contributed by atoms with Crippen molar-refractivity contribution in [1.82, 2.24) is 5.32 Å². The number of carbonyl (C=O) groups excluding carboxylic acids is 3. The van der Waals surface area contributed by atoms with Gasteiger partial charge in [0.2, 0.25) is 5.78 Å². The first-order valence-electron chi connectivity index (χ1n) is 9.07. The van der Waals surface area contributed by atoms with Crippen molar-refractivity contribution in [3.8, 4) is 11.5 Å². The average molecular weight is 399 g/mol. The molecule has 1 N–H and O–H groups in total. The van der Waals surface area contributed by atoms with Gasteiger partial charge in [-0.1, -0.05) is 17.7 Å². The summed E-state index contributed by atoms with van der Waals surface area (Å²) in [5.41, 5.74) is 2.54. The fourth-order valence-electron chi connectivity index (χ4n) is 2.71. The van der Waals surface area contributed by atoms with Crippen LogP contribution in [0.25, 0.3) is 0 Å². The van der Waals surface area contributed by atoms with E-state index in [1.54, 1.807) is 12.1 Å². The first-order valence-corrected chi connectivity index (χ1v) is 9.07. The third kappa shape index (κ3) is 5.81. The van der Waals surface area contributed by atoms with Crippen molar-refractivity contribution in [1.29, 1.82) is 0 Å². The molecule has 0 aliphatic carbocycles. The molecule has 7 nitrogen and oxygen atoms in total. The Labute approximate surface area is 170 Å². The molecule has 2 aromatic carbocycles. The Morgan fingerprint density at radius 2 is 1.59 bits per heavy atom. The molecule has 0 aliphatic heterocycles. The van der Waals surface area contributed by atoms with Gasteiger partial charge < -0.3 is 19.5 Å². The Balaban J connectivity index is 1.96. The number of ketones is 1. The standard InChI is InChI=1S/C22H25NO6/c1-13-6-7-14(2)19(8-13)21(25)15(3)29-20(24)12-23-22(26)16-9-17(27-4)11-18(10-16)28-5/h6-11,15H,12H2,1-5H3,(H,23,26)/t15-/m1/s1. The lowest BCUT2D eigenvalue weighted by Crippen LogP contribution is -2.34. The molecule has 0 spiro atoms. The van der Waals surface area contributed by atoms with Gasteiger partial charge in [-0.25, -0.2) is 0 Å². The van der Waals surface area contributed by atoms with Crippen LogP contribution in [0.15, 0.2) is 36.4 Å². The molecular formula is C22H25NO6. The number of hydrogen-bond acceptors (Lipinski definition) is 6. The van der Waals surface area contributed by atoms with Gasteiger partial charge in [-0.05, 0) is 44.5 Å². The summed E-state index contributed by atoms with van der Waals surface area (Å²) in [6.07, 6.45) is -0.961. The predicted molar refractivity (Wildman–Crippen MR) is 108 cm³/mol. The van der Waals surface area contributed by atoms with Crippen LogP contribution in [0.5, 0.6) is 11.5 Å². The molecule has 29 heavy (non-hydrogen) atoms. The molecule has 0 saturated heterocycles. The molecule has 0 fully saturated rings. The second-order valence-corrected chi connectivity index (χ2v) is 6.60. The molecule has 0 unspecified atom stereocenters. The van der Waals surface area contributed by atoms with Crippen molar-refractivity contribution in [2.24, 2.45) is 0 Å². The van der Waals surface area contributed by atoms with Gasteiger partial charge in [-0.3, -0.25) is 14.4 Å². The highest BCUT2D eigenvalue weighted by molar-refractivity contribution is 6.02. The molecule has 1 amide bonds. The van der Waals surface area contributed by atoms with Gasteiger partial charge in [0, 0.05) is 17.2 Å². The average Bonchev–Trinajstić information content (AvgIpc) is 2.72. The molecule has 0 bridgehead atoms. The fraction of sp³-hybridized carbons (Fsp3) is 0.318. The summed E-state index contributed by atoms with van der Waals surface area (Å²) >= 11 is 0. The van der Waals surface area contributed by atoms with Gasteiger partial charge in [0.15, 0.2) is 6.10 Å². The summed E-state index contributed by atoms with van der Waals surface area (Å²) in [5.74, 6) is -0.593. The Hall–Kier alpha value is -3.35. The minimum atomic E-state index is -0.961. The van der Waals surface area contributed by atoms with E-state index < -0.39 is 18.0 Å². The molecule has 2 rings (SSSR count). The normalized spacial score (nSPS) is 11.3. The SMILES string of the molecule is COc1cc(OC)cc(C(=O)NCC(=O)O[C@H](C)C(=O)c2cc(C)ccc2C)c1. The smallest absolute Gasteiger partial charge is 0.326 e. The van der Waals surface area contributed by atoms with E-state index in [4.69, 9.17) is 14.2 Å². The van der Waals surface area contributed by atoms with E-state index in [0.29, 0.717) is 17.1 Å². The van der Waals surface area contributed by atoms with E-state index in [1.807, 2.05) is 26.0 Å². The summed E-state index contributed by atoms with van der Waals surface area (Å²) in [7, 11) is 2.95. The maximum Gasteiger partial charge on any atom is 0.326 e. The minimum Gasteiger partial charge on any atom is -0.497 e. The number of ether oxygens (including phenoxy) is 3. The number of rotatable bonds is 8. The van der Waals surface area contributed by atoms with Crippen LogP contribution in [0.1, 0.15) is 38.8 Å². The van der Waals surface area contributed by atoms with E-state index >= 15 is 0 Å². The van der Waals surface area contributed by atoms with Crippen molar-refractivity contribution in [2.75, 3.05) is 20.8 Å². The van der Waals surface area contributed by atoms with Crippen LogP contribution in [0.4, 0.5) is 0 Å². The molecule has 0 aromatic heterocycles. The monoisotopic (exact) mass is 399 g/mol. The van der Waals surface area contributed by atoms with Crippen LogP contribution in [0, 0.1) is 13.8 Å². The van der Waals surface area contributed by atoms with Crippen molar-refractivity contribution in [3.05, 3.63) is 58.7 Å². The zero-order valence-corrected chi connectivity index (χ0v) is 17.2. The van der Waals surface area contributed by atoms with Crippen molar-refractivity contribution < 1.29 is 28.6 Å². The molecule has 1 atom stereocenters. The van der Waals surface area contributed by atoms with Gasteiger partial charge in [0.05, 0.1) is 14.2 Å². The second-order valence-electron chi connectivity index (χ2n) is 6.60. The first-order chi connectivity index (χ1) is 13.7. The largest absolute Gasteiger partial charge is 0.497 e. The first kappa shape index (κ1) is 21.9. The number of benzene rings is 2. The number of esters is 1. The summed E-state index contributed by atoms with van der Waals surface area (Å²) in [4.78, 5) is 37.0. The van der Waals surface area contributed by atoms with Gasteiger partial charge in [0.25, 0.3) is 5.91 Å². The molecule has 0 heterocycles. The number of hydrogen-bond donors (Lipinski definition) is 1. The van der Waals surface area contributed by atoms with Crippen LogP contribution in [-0.2, 0) is 9.53 Å². The maximum absolute atomic E-state index is 12.6. The Bertz CT molecular complexity index is 899. The predicted octanol–water partition coefficient (Wildman–Crippen LogP) is 2.87. The molecule has 0 aliphatic rings. The molecule has 0 radical (unpaired) electrons. The van der Waals surface area contributed by atoms with Crippen LogP contribution < -0.4 is 14.8 Å². The lowest BCUT2D eigenvalue weighted by molar-refractivity contribution is -0.145. The zero-order chi connectivity index (χ0) is 21.6. The van der Waals surface area contributed by atoms with E-state index in [1.165, 1.54) is 33.3 Å². The van der Waals surface area contributed by atoms with Crippen molar-refractivity contribution >= 4 is 17.7 Å². The highest BCUT2D eigenvalue weighted by Crippen LogP contribution is 2.22. The van der Waals surface area contributed by atoms with E-state index in [9.17, 15) is 14.4 Å². The summed E-state index contributed by atoms with van der Waals surface area (Å²) in [6, 6.07) is 10.2. The Kier molecular flexibility index (Phi) is 7.36. The van der Waals surface area contributed by atoms with Crippen molar-refractivity contribution in [2.45, 2.75) is 26.9 Å². The van der Waals surface area contributed by atoms with E-state index in [-0.39, 0.29) is 17.9 Å². The quantitative estimate of drug-likeness (QED) is 0.542. The molecular weight excluding hydrogens is 374 g/mol. The van der Waals surface area contributed by atoms with E-state index in [0.717, 1.165) is 11.1 Å². The number of carbonyl (C=O) groups is 3. The van der Waals surface area contributed by atoms with Gasteiger partial charge in [0.1, 0.15) is 18.0 Å². The number of aryl methyl sites for hydroxylation is 2. The van der Waals surface area contributed by atoms with Gasteiger partial charge in [-0.15, -0.1) is 0 Å². The number of Topliss-reactive ketones (excluding diaryl/α,β-unsaturated/α-hetero) is 1. The number of nitrogens with one attached hydrogen (secondary N) is 1. The lowest BCUT2D eigenvalue weighted by Gasteiger charge is -2.15. The van der Waals surface area contributed by atoms with Gasteiger partial charge >= 0.3 is 5.97 Å². The van der Waals surface area contributed by atoms with Crippen LogP contribution in [0.3, 0.4) is 0 Å². The molecule has 2 aromatic rings. The molecule has 0 saturated carbocycles. The fourth-order valence-corrected chi connectivity index (χ4v) is 2.71. The van der Waals surface area contributed by atoms with Crippen LogP contribution in [-0.4, -0.2) is 44.5 Å². The summed E-state index contributed by atoms with van der Waals surface area (Å²) in [6.45, 7) is 4.85. The van der Waals surface area contributed by atoms with Crippen molar-refractivity contribution in [3.63, 3.8) is 0 Å². The minimum absolute atomic E-state index is 0.272. The zero-order valence-electron chi connectivity index (χ0n) is 17.2. The molecule has 154 valence electrons.